The Morgan fingerprint density at radius 3 is 2.42 bits per heavy atom. The molecule has 1 aromatic carbocycles. The van der Waals surface area contributed by atoms with Crippen LogP contribution < -0.4 is 20.7 Å². The van der Waals surface area contributed by atoms with Crippen molar-refractivity contribution in [2.75, 3.05) is 46.9 Å². The van der Waals surface area contributed by atoms with E-state index in [-0.39, 0.29) is 35.9 Å². The molecule has 0 saturated carbocycles. The quantitative estimate of drug-likeness (QED) is 0.176. The van der Waals surface area contributed by atoms with Crippen LogP contribution in [0.25, 0.3) is 0 Å². The van der Waals surface area contributed by atoms with Gasteiger partial charge in [0.2, 0.25) is 0 Å². The van der Waals surface area contributed by atoms with E-state index in [0.29, 0.717) is 18.8 Å². The molecule has 1 saturated heterocycles. The average Bonchev–Trinajstić information content (AvgIpc) is 3.50. The van der Waals surface area contributed by atoms with Crippen LogP contribution in [0.3, 0.4) is 0 Å². The van der Waals surface area contributed by atoms with Crippen molar-refractivity contribution in [2.24, 2.45) is 4.99 Å². The van der Waals surface area contributed by atoms with Gasteiger partial charge in [-0.05, 0) is 63.0 Å². The maximum absolute atomic E-state index is 12.1. The summed E-state index contributed by atoms with van der Waals surface area (Å²) in [5, 5.41) is 9.68. The van der Waals surface area contributed by atoms with Crippen LogP contribution in [0.1, 0.15) is 47.0 Å². The van der Waals surface area contributed by atoms with E-state index in [1.807, 2.05) is 19.1 Å². The monoisotopic (exact) mass is 569 g/mol. The number of aliphatic imine (C=N–C) groups is 1. The van der Waals surface area contributed by atoms with Crippen LogP contribution >= 0.6 is 24.0 Å². The van der Waals surface area contributed by atoms with Crippen LogP contribution in [-0.2, 0) is 0 Å². The lowest BCUT2D eigenvalue weighted by molar-refractivity contribution is 0.0925. The van der Waals surface area contributed by atoms with Crippen LogP contribution in [-0.4, -0.2) is 63.6 Å². The Bertz CT molecular complexity index is 878. The average molecular weight is 569 g/mol. The van der Waals surface area contributed by atoms with E-state index in [1.54, 1.807) is 20.2 Å². The fourth-order valence-corrected chi connectivity index (χ4v) is 3.93. The molecular weight excluding hydrogens is 533 g/mol. The predicted octanol–water partition coefficient (Wildman–Crippen LogP) is 3.34. The highest BCUT2D eigenvalue weighted by Gasteiger charge is 2.23. The van der Waals surface area contributed by atoms with Crippen molar-refractivity contribution in [3.8, 4) is 5.75 Å². The van der Waals surface area contributed by atoms with E-state index < -0.39 is 0 Å². The van der Waals surface area contributed by atoms with E-state index in [2.05, 4.69) is 38.0 Å². The van der Waals surface area contributed by atoms with Gasteiger partial charge in [0.1, 0.15) is 5.75 Å². The van der Waals surface area contributed by atoms with Gasteiger partial charge in [-0.25, -0.2) is 0 Å². The lowest BCUT2D eigenvalue weighted by Gasteiger charge is -2.29. The Labute approximate surface area is 213 Å². The highest BCUT2D eigenvalue weighted by molar-refractivity contribution is 14.0. The summed E-state index contributed by atoms with van der Waals surface area (Å²) in [4.78, 5) is 19.0. The van der Waals surface area contributed by atoms with Crippen molar-refractivity contribution in [3.05, 3.63) is 53.5 Å². The highest BCUT2D eigenvalue weighted by atomic mass is 127. The molecule has 3 N–H and O–H groups in total. The Balaban J connectivity index is 0.00000385. The second-order valence-corrected chi connectivity index (χ2v) is 7.95. The maximum Gasteiger partial charge on any atom is 0.287 e. The molecule has 1 fully saturated rings. The van der Waals surface area contributed by atoms with Gasteiger partial charge in [0, 0.05) is 32.2 Å². The summed E-state index contributed by atoms with van der Waals surface area (Å²) in [5.74, 6) is 1.83. The number of furan rings is 1. The van der Waals surface area contributed by atoms with Crippen LogP contribution in [0.4, 0.5) is 0 Å². The number of aryl methyl sites for hydroxylation is 1. The highest BCUT2D eigenvalue weighted by Crippen LogP contribution is 2.26. The number of guanidine groups is 1. The zero-order valence-corrected chi connectivity index (χ0v) is 22.1. The van der Waals surface area contributed by atoms with Crippen molar-refractivity contribution >= 4 is 35.8 Å². The lowest BCUT2D eigenvalue weighted by atomic mass is 10.1. The molecule has 8 nitrogen and oxygen atoms in total. The number of nitrogens with zero attached hydrogens (tertiary/aromatic N) is 2. The van der Waals surface area contributed by atoms with E-state index in [9.17, 15) is 4.79 Å². The van der Waals surface area contributed by atoms with Gasteiger partial charge in [-0.3, -0.25) is 14.7 Å². The third-order valence-electron chi connectivity index (χ3n) is 5.77. The second kappa shape index (κ2) is 14.1. The standard InChI is InChI=1S/C24H35N5O3.HI/c1-18-11-16-32-22(18)23(30)26-12-6-13-27-24(25-2)28-17-21(29-14-4-5-15-29)19-7-9-20(31-3)10-8-19;/h7-11,16,21H,4-6,12-15,17H2,1-3H3,(H,26,30)(H2,25,27,28);1H. The van der Waals surface area contributed by atoms with Gasteiger partial charge in [0.25, 0.3) is 5.91 Å². The number of amides is 1. The van der Waals surface area contributed by atoms with Crippen molar-refractivity contribution in [1.82, 2.24) is 20.9 Å². The summed E-state index contributed by atoms with van der Waals surface area (Å²) in [6.45, 7) is 6.11. The van der Waals surface area contributed by atoms with E-state index in [0.717, 1.165) is 43.3 Å². The molecule has 2 aromatic rings. The molecule has 1 unspecified atom stereocenters. The van der Waals surface area contributed by atoms with E-state index in [1.165, 1.54) is 24.7 Å². The van der Waals surface area contributed by atoms with Gasteiger partial charge >= 0.3 is 0 Å². The van der Waals surface area contributed by atoms with Crippen LogP contribution in [0, 0.1) is 6.92 Å². The van der Waals surface area contributed by atoms with Crippen LogP contribution in [0.2, 0.25) is 0 Å². The number of likely N-dealkylation sites (tertiary alicyclic amines) is 1. The first kappa shape index (κ1) is 27.0. The molecule has 1 amide bonds. The molecule has 0 spiro atoms. The summed E-state index contributed by atoms with van der Waals surface area (Å²) in [7, 11) is 3.46. The van der Waals surface area contributed by atoms with Crippen LogP contribution in [0.5, 0.6) is 5.75 Å². The summed E-state index contributed by atoms with van der Waals surface area (Å²) in [5.41, 5.74) is 2.11. The molecular formula is C24H36IN5O3. The molecule has 1 atom stereocenters. The molecule has 0 bridgehead atoms. The Kier molecular flexibility index (Phi) is 11.5. The summed E-state index contributed by atoms with van der Waals surface area (Å²) < 4.78 is 10.5. The van der Waals surface area contributed by atoms with E-state index in [4.69, 9.17) is 9.15 Å². The zero-order valence-electron chi connectivity index (χ0n) is 19.7. The van der Waals surface area contributed by atoms with Crippen molar-refractivity contribution in [2.45, 2.75) is 32.2 Å². The number of halogens is 1. The molecule has 1 aromatic heterocycles. The van der Waals surface area contributed by atoms with Crippen molar-refractivity contribution in [1.29, 1.82) is 0 Å². The minimum Gasteiger partial charge on any atom is -0.497 e. The number of hydrogen-bond donors (Lipinski definition) is 3. The van der Waals surface area contributed by atoms with Gasteiger partial charge < -0.3 is 25.1 Å². The molecule has 0 radical (unpaired) electrons. The van der Waals surface area contributed by atoms with Crippen molar-refractivity contribution < 1.29 is 13.9 Å². The first-order chi connectivity index (χ1) is 15.6. The number of hydrogen-bond acceptors (Lipinski definition) is 5. The number of carbonyl (C=O) groups excluding carboxylic acids is 1. The van der Waals surface area contributed by atoms with Gasteiger partial charge in [-0.2, -0.15) is 0 Å². The molecule has 1 aliphatic heterocycles. The number of benzene rings is 1. The predicted molar refractivity (Wildman–Crippen MR) is 142 cm³/mol. The van der Waals surface area contributed by atoms with Crippen molar-refractivity contribution in [3.63, 3.8) is 0 Å². The number of nitrogens with one attached hydrogen (secondary N) is 3. The fraction of sp³-hybridized carbons (Fsp3) is 0.500. The molecule has 1 aliphatic rings. The smallest absolute Gasteiger partial charge is 0.287 e. The van der Waals surface area contributed by atoms with Gasteiger partial charge in [-0.1, -0.05) is 12.1 Å². The lowest BCUT2D eigenvalue weighted by Crippen LogP contribution is -2.43. The third-order valence-corrected chi connectivity index (χ3v) is 5.77. The topological polar surface area (TPSA) is 91.1 Å². The Morgan fingerprint density at radius 2 is 1.82 bits per heavy atom. The number of rotatable bonds is 10. The fourth-order valence-electron chi connectivity index (χ4n) is 3.93. The maximum atomic E-state index is 12.1. The zero-order chi connectivity index (χ0) is 22.8. The first-order valence-electron chi connectivity index (χ1n) is 11.3. The van der Waals surface area contributed by atoms with Crippen LogP contribution in [0.15, 0.2) is 46.0 Å². The SMILES string of the molecule is CN=C(NCCCNC(=O)c1occc1C)NCC(c1ccc(OC)cc1)N1CCCC1.I. The molecule has 33 heavy (non-hydrogen) atoms. The number of carbonyl (C=O) groups is 1. The Morgan fingerprint density at radius 1 is 1.12 bits per heavy atom. The Hall–Kier alpha value is -2.27. The third kappa shape index (κ3) is 7.92. The first-order valence-corrected chi connectivity index (χ1v) is 11.3. The number of ether oxygens (including phenoxy) is 1. The molecule has 9 heteroatoms. The normalized spacial score (nSPS) is 14.9. The molecule has 182 valence electrons. The minimum atomic E-state index is -0.178. The molecule has 2 heterocycles. The largest absolute Gasteiger partial charge is 0.497 e. The summed E-state index contributed by atoms with van der Waals surface area (Å²) in [6, 6.07) is 10.4. The van der Waals surface area contributed by atoms with E-state index >= 15 is 0 Å². The van der Waals surface area contributed by atoms with Gasteiger partial charge in [0.15, 0.2) is 11.7 Å². The molecule has 0 aliphatic carbocycles. The summed E-state index contributed by atoms with van der Waals surface area (Å²) >= 11 is 0. The summed E-state index contributed by atoms with van der Waals surface area (Å²) in [6.07, 6.45) is 4.79. The minimum absolute atomic E-state index is 0. The number of methoxy groups -OCH3 is 1. The van der Waals surface area contributed by atoms with Gasteiger partial charge in [-0.15, -0.1) is 24.0 Å². The second-order valence-electron chi connectivity index (χ2n) is 7.95. The molecule has 3 rings (SSSR count). The van der Waals surface area contributed by atoms with Gasteiger partial charge in [0.05, 0.1) is 19.4 Å².